The second-order valence-corrected chi connectivity index (χ2v) is 32.2. The number of benzene rings is 3. The summed E-state index contributed by atoms with van der Waals surface area (Å²) >= 11 is 0. The van der Waals surface area contributed by atoms with Crippen molar-refractivity contribution in [2.24, 2.45) is 71.0 Å². The number of hydrogen-bond donors (Lipinski definition) is 0. The van der Waals surface area contributed by atoms with Gasteiger partial charge in [0.1, 0.15) is 0 Å². The fraction of sp³-hybridized carbons (Fsp3) is 0.705. The molecular weight excluding hydrogens is 1010 g/mol. The SMILES string of the molecule is Cc1ccc(S(=O)(=O)N(Cc2ccccc2N(P(O[C@@H]2C[C@H](C)CCC2C(C)C)O[C@@H]2C[C@H](C)CC[C@H]2C(C)C)S(=O)(=O)c2ccc(C)cc2)P(O[C@@H]2C[C@H](C)CC[C@H]2C(C)C)O[C@@H]2C[C@H](C)CC[C@H]2C(C)C)cc1. The van der Waals surface area contributed by atoms with Crippen LogP contribution in [0.5, 0.6) is 0 Å². The highest BCUT2D eigenvalue weighted by Gasteiger charge is 2.47. The molecule has 14 heteroatoms. The zero-order valence-corrected chi connectivity index (χ0v) is 51.7. The minimum atomic E-state index is -4.45. The van der Waals surface area contributed by atoms with Gasteiger partial charge in [-0.3, -0.25) is 0 Å². The molecule has 2 unspecified atom stereocenters. The van der Waals surface area contributed by atoms with Crippen LogP contribution in [0.25, 0.3) is 0 Å². The average molecular weight is 1110 g/mol. The zero-order valence-electron chi connectivity index (χ0n) is 48.2. The average Bonchev–Trinajstić information content (AvgIpc) is 3.33. The molecule has 13 atom stereocenters. The van der Waals surface area contributed by atoms with Crippen LogP contribution in [0.15, 0.2) is 82.6 Å². The van der Waals surface area contributed by atoms with Crippen LogP contribution in [0.2, 0.25) is 0 Å². The van der Waals surface area contributed by atoms with E-state index in [1.165, 1.54) is 8.15 Å². The van der Waals surface area contributed by atoms with Crippen molar-refractivity contribution in [1.82, 2.24) is 4.08 Å². The van der Waals surface area contributed by atoms with E-state index < -0.39 is 37.1 Å². The zero-order chi connectivity index (χ0) is 54.5. The Morgan fingerprint density at radius 3 is 1.12 bits per heavy atom. The van der Waals surface area contributed by atoms with Crippen LogP contribution >= 0.6 is 17.1 Å². The molecule has 10 nitrogen and oxygen atoms in total. The first-order chi connectivity index (χ1) is 35.4. The summed E-state index contributed by atoms with van der Waals surface area (Å²) < 4.78 is 97.1. The van der Waals surface area contributed by atoms with Crippen LogP contribution in [-0.4, -0.2) is 45.3 Å². The number of rotatable bonds is 21. The standard InChI is InChI=1S/C61H96N2O8P2S2/c1-40(2)53-31-23-46(11)35-58(53)68-72(69-59-36-47(12)24-32-54(59)41(3)4)62(74(64,65)51-27-19-44(9)20-28-51)39-50-17-15-16-18-57(50)63(75(66,67)52-29-21-45(10)22-30-52)73(70-60-37-48(13)25-33-55(60)42(5)6)71-61-38-49(14)26-34-56(61)43(7)8/h15-22,27-30,40-43,46-49,53-56,58-61H,23-26,31-39H2,1-14H3/t46-,47-,48-,49-,53+,54+,55+,56?,58-,59-,60-,61-,73?/m1/s1. The van der Waals surface area contributed by atoms with E-state index in [2.05, 4.69) is 83.1 Å². The van der Waals surface area contributed by atoms with Gasteiger partial charge in [0.25, 0.3) is 18.5 Å². The Morgan fingerprint density at radius 2 is 0.773 bits per heavy atom. The van der Waals surface area contributed by atoms with Gasteiger partial charge in [-0.05, 0) is 172 Å². The van der Waals surface area contributed by atoms with Crippen LogP contribution in [0.4, 0.5) is 5.69 Å². The maximum Gasteiger partial charge on any atom is 0.305 e. The number of aryl methyl sites for hydroxylation is 2. The van der Waals surface area contributed by atoms with Crippen molar-refractivity contribution in [2.45, 2.75) is 215 Å². The number of nitrogens with zero attached hydrogens (tertiary/aromatic N) is 2. The van der Waals surface area contributed by atoms with Crippen LogP contribution in [-0.2, 0) is 44.7 Å². The van der Waals surface area contributed by atoms with E-state index in [1.54, 1.807) is 24.3 Å². The Labute approximate surface area is 458 Å². The van der Waals surface area contributed by atoms with Crippen LogP contribution < -0.4 is 4.08 Å². The number of hydrogen-bond acceptors (Lipinski definition) is 8. The minimum absolute atomic E-state index is 0.118. The number of sulfonamides is 2. The van der Waals surface area contributed by atoms with Gasteiger partial charge in [0.05, 0.1) is 39.9 Å². The van der Waals surface area contributed by atoms with E-state index in [0.29, 0.717) is 58.6 Å². The van der Waals surface area contributed by atoms with Gasteiger partial charge >= 0.3 is 8.53 Å². The molecule has 4 aliphatic carbocycles. The summed E-state index contributed by atoms with van der Waals surface area (Å²) in [5.74, 6) is 3.60. The first kappa shape index (κ1) is 60.7. The molecule has 0 bridgehead atoms. The summed E-state index contributed by atoms with van der Waals surface area (Å²) in [6.45, 7) is 30.7. The summed E-state index contributed by atoms with van der Waals surface area (Å²) in [5, 5.41) is 0. The first-order valence-corrected chi connectivity index (χ1v) is 34.1. The first-order valence-electron chi connectivity index (χ1n) is 29.0. The van der Waals surface area contributed by atoms with E-state index >= 15 is 16.8 Å². The lowest BCUT2D eigenvalue weighted by Crippen LogP contribution is -2.40. The second kappa shape index (κ2) is 26.5. The van der Waals surface area contributed by atoms with E-state index in [4.69, 9.17) is 18.1 Å². The van der Waals surface area contributed by atoms with Crippen molar-refractivity contribution in [3.63, 3.8) is 0 Å². The van der Waals surface area contributed by atoms with Gasteiger partial charge in [-0.25, -0.2) is 16.8 Å². The van der Waals surface area contributed by atoms with Crippen molar-refractivity contribution in [3.8, 4) is 0 Å². The lowest BCUT2D eigenvalue weighted by Gasteiger charge is -2.44. The summed E-state index contributed by atoms with van der Waals surface area (Å²) in [6, 6.07) is 21.5. The van der Waals surface area contributed by atoms with E-state index in [9.17, 15) is 0 Å². The van der Waals surface area contributed by atoms with Crippen molar-refractivity contribution < 1.29 is 34.9 Å². The topological polar surface area (TPSA) is 112 Å². The molecular formula is C61H96N2O8P2S2. The largest absolute Gasteiger partial charge is 0.318 e. The Bertz CT molecular complexity index is 2420. The highest BCUT2D eigenvalue weighted by Crippen LogP contribution is 2.59. The Kier molecular flexibility index (Phi) is 21.5. The van der Waals surface area contributed by atoms with Crippen LogP contribution in [0.3, 0.4) is 0 Å². The molecule has 4 aliphatic rings. The summed E-state index contributed by atoms with van der Waals surface area (Å²) in [5.41, 5.74) is 2.70. The normalized spacial score (nSPS) is 29.7. The molecule has 3 aromatic rings. The van der Waals surface area contributed by atoms with Crippen molar-refractivity contribution >= 4 is 42.8 Å². The van der Waals surface area contributed by atoms with Gasteiger partial charge in [-0.15, -0.1) is 4.08 Å². The van der Waals surface area contributed by atoms with Crippen molar-refractivity contribution in [3.05, 3.63) is 89.5 Å². The van der Waals surface area contributed by atoms with Gasteiger partial charge in [0.2, 0.25) is 10.0 Å². The molecule has 3 aromatic carbocycles. The molecule has 420 valence electrons. The van der Waals surface area contributed by atoms with E-state index in [0.717, 1.165) is 88.2 Å². The van der Waals surface area contributed by atoms with Gasteiger partial charge in [-0.1, -0.05) is 162 Å². The lowest BCUT2D eigenvalue weighted by molar-refractivity contribution is 0.00327. The highest BCUT2D eigenvalue weighted by molar-refractivity contribution is 7.99. The maximum atomic E-state index is 16.1. The quantitative estimate of drug-likeness (QED) is 0.0970. The van der Waals surface area contributed by atoms with Crippen molar-refractivity contribution in [1.29, 1.82) is 0 Å². The number of para-hydroxylation sites is 1. The predicted molar refractivity (Wildman–Crippen MR) is 310 cm³/mol. The van der Waals surface area contributed by atoms with Gasteiger partial charge in [-0.2, -0.15) is 4.08 Å². The van der Waals surface area contributed by atoms with Gasteiger partial charge in [0, 0.05) is 6.54 Å². The van der Waals surface area contributed by atoms with Crippen molar-refractivity contribution in [2.75, 3.05) is 4.08 Å². The fourth-order valence-corrected chi connectivity index (χ4v) is 20.4. The summed E-state index contributed by atoms with van der Waals surface area (Å²) in [7, 11) is -13.5. The molecule has 0 spiro atoms. The monoisotopic (exact) mass is 1110 g/mol. The molecule has 0 heterocycles. The molecule has 7 rings (SSSR count). The smallest absolute Gasteiger partial charge is 0.305 e. The predicted octanol–water partition coefficient (Wildman–Crippen LogP) is 17.1. The Balaban J connectivity index is 1.46. The molecule has 0 amide bonds. The lowest BCUT2D eigenvalue weighted by atomic mass is 9.75. The second-order valence-electron chi connectivity index (χ2n) is 25.3. The molecule has 0 radical (unpaired) electrons. The third kappa shape index (κ3) is 15.1. The van der Waals surface area contributed by atoms with Crippen LogP contribution in [0.1, 0.15) is 177 Å². The van der Waals surface area contributed by atoms with E-state index in [1.807, 2.05) is 62.4 Å². The summed E-state index contributed by atoms with van der Waals surface area (Å²) in [4.78, 5) is 0.253. The van der Waals surface area contributed by atoms with E-state index in [-0.39, 0.29) is 64.4 Å². The fourth-order valence-electron chi connectivity index (χ4n) is 12.8. The minimum Gasteiger partial charge on any atom is -0.318 e. The Hall–Kier alpha value is -1.98. The van der Waals surface area contributed by atoms with Gasteiger partial charge in [0.15, 0.2) is 0 Å². The van der Waals surface area contributed by atoms with Crippen LogP contribution in [0, 0.1) is 84.9 Å². The molecule has 0 aromatic heterocycles. The third-order valence-electron chi connectivity index (χ3n) is 17.7. The summed E-state index contributed by atoms with van der Waals surface area (Å²) in [6.07, 6.45) is 10.4. The molecule has 75 heavy (non-hydrogen) atoms. The maximum absolute atomic E-state index is 16.1. The molecule has 4 fully saturated rings. The molecule has 0 aliphatic heterocycles. The van der Waals surface area contributed by atoms with Gasteiger partial charge < -0.3 is 18.1 Å². The molecule has 0 N–H and O–H groups in total. The molecule has 4 saturated carbocycles. The Morgan fingerprint density at radius 1 is 0.453 bits per heavy atom. The third-order valence-corrected chi connectivity index (χ3v) is 25.7. The molecule has 0 saturated heterocycles. The highest BCUT2D eigenvalue weighted by atomic mass is 32.2. The number of anilines is 1.